The van der Waals surface area contributed by atoms with Crippen LogP contribution in [-0.2, 0) is 16.3 Å². The Morgan fingerprint density at radius 3 is 2.29 bits per heavy atom. The molecule has 0 bridgehead atoms. The Morgan fingerprint density at radius 2 is 1.71 bits per heavy atom. The van der Waals surface area contributed by atoms with Gasteiger partial charge in [-0.3, -0.25) is 4.79 Å². The molecule has 204 valence electrons. The average Bonchev–Trinajstić information content (AvgIpc) is 2.83. The van der Waals surface area contributed by atoms with Crippen molar-refractivity contribution >= 4 is 56.2 Å². The summed E-state index contributed by atoms with van der Waals surface area (Å²) in [4.78, 5) is 14.9. The number of aliphatic hydroxyl groups is 1. The number of hydrogen-bond acceptors (Lipinski definition) is 5. The van der Waals surface area contributed by atoms with E-state index in [4.69, 9.17) is 39.9 Å². The Kier molecular flexibility index (Phi) is 10.6. The summed E-state index contributed by atoms with van der Waals surface area (Å²) in [5.41, 5.74) is 2.30. The van der Waals surface area contributed by atoms with Crippen LogP contribution in [0.4, 0.5) is 5.69 Å². The number of halogens is 3. The SMILES string of the molecule is CC(O)CN(C)C.O=C(Nc1ccc2c(c1)C(S(=O)(=O)c1cccc(Cl)c1)CCC2)c1c(Cl)cccc1Cl. The Bertz CT molecular complexity index is 1370. The van der Waals surface area contributed by atoms with Gasteiger partial charge in [0.05, 0.1) is 31.9 Å². The van der Waals surface area contributed by atoms with Gasteiger partial charge in [0, 0.05) is 17.3 Å². The summed E-state index contributed by atoms with van der Waals surface area (Å²) in [6.07, 6.45) is 1.84. The van der Waals surface area contributed by atoms with Gasteiger partial charge in [-0.1, -0.05) is 53.0 Å². The third-order valence-corrected chi connectivity index (χ3v) is 9.00. The maximum absolute atomic E-state index is 13.4. The van der Waals surface area contributed by atoms with Crippen molar-refractivity contribution in [2.75, 3.05) is 26.0 Å². The van der Waals surface area contributed by atoms with Gasteiger partial charge in [0.15, 0.2) is 9.84 Å². The van der Waals surface area contributed by atoms with E-state index in [1.54, 1.807) is 55.5 Å². The van der Waals surface area contributed by atoms with Gasteiger partial charge in [-0.05, 0) is 93.9 Å². The molecule has 2 atom stereocenters. The molecule has 0 radical (unpaired) electrons. The number of nitrogens with one attached hydrogen (secondary N) is 1. The van der Waals surface area contributed by atoms with Crippen LogP contribution < -0.4 is 5.32 Å². The van der Waals surface area contributed by atoms with Gasteiger partial charge in [0.25, 0.3) is 5.91 Å². The lowest BCUT2D eigenvalue weighted by molar-refractivity contribution is 0.102. The van der Waals surface area contributed by atoms with Gasteiger partial charge in [0.1, 0.15) is 0 Å². The van der Waals surface area contributed by atoms with Crippen LogP contribution in [0.2, 0.25) is 15.1 Å². The minimum Gasteiger partial charge on any atom is -0.392 e. The van der Waals surface area contributed by atoms with Crippen LogP contribution in [0.15, 0.2) is 65.6 Å². The van der Waals surface area contributed by atoms with E-state index in [9.17, 15) is 13.2 Å². The third-order valence-electron chi connectivity index (χ3n) is 5.98. The zero-order valence-corrected chi connectivity index (χ0v) is 24.5. The number of carbonyl (C=O) groups is 1. The highest BCUT2D eigenvalue weighted by Crippen LogP contribution is 2.40. The van der Waals surface area contributed by atoms with Crippen LogP contribution in [0.1, 0.15) is 46.5 Å². The molecule has 1 aliphatic rings. The molecule has 0 heterocycles. The molecule has 0 saturated carbocycles. The second-order valence-corrected chi connectivity index (χ2v) is 12.8. The highest BCUT2D eigenvalue weighted by Gasteiger charge is 2.33. The Labute approximate surface area is 239 Å². The van der Waals surface area contributed by atoms with E-state index < -0.39 is 21.0 Å². The van der Waals surface area contributed by atoms with Crippen molar-refractivity contribution in [2.24, 2.45) is 0 Å². The molecule has 2 unspecified atom stereocenters. The van der Waals surface area contributed by atoms with E-state index in [1.807, 2.05) is 25.1 Å². The van der Waals surface area contributed by atoms with Gasteiger partial charge in [-0.15, -0.1) is 0 Å². The molecular weight excluding hydrogens is 567 g/mol. The summed E-state index contributed by atoms with van der Waals surface area (Å²) >= 11 is 18.3. The first kappa shape index (κ1) is 30.4. The van der Waals surface area contributed by atoms with Crippen molar-refractivity contribution in [3.63, 3.8) is 0 Å². The van der Waals surface area contributed by atoms with Crippen LogP contribution in [0.5, 0.6) is 0 Å². The number of aliphatic hydroxyl groups excluding tert-OH is 1. The molecule has 0 saturated heterocycles. The van der Waals surface area contributed by atoms with E-state index in [1.165, 1.54) is 6.07 Å². The number of likely N-dealkylation sites (N-methyl/N-ethyl adjacent to an activating group) is 1. The lowest BCUT2D eigenvalue weighted by Crippen LogP contribution is -2.22. The predicted octanol–water partition coefficient (Wildman–Crippen LogP) is 6.68. The summed E-state index contributed by atoms with van der Waals surface area (Å²) in [6, 6.07) is 16.5. The van der Waals surface area contributed by atoms with Crippen molar-refractivity contribution in [1.29, 1.82) is 0 Å². The summed E-state index contributed by atoms with van der Waals surface area (Å²) < 4.78 is 26.7. The largest absolute Gasteiger partial charge is 0.392 e. The van der Waals surface area contributed by atoms with Gasteiger partial charge in [0.2, 0.25) is 0 Å². The third kappa shape index (κ3) is 7.72. The highest BCUT2D eigenvalue weighted by molar-refractivity contribution is 7.91. The summed E-state index contributed by atoms with van der Waals surface area (Å²) in [5.74, 6) is -0.458. The molecule has 1 aliphatic carbocycles. The van der Waals surface area contributed by atoms with E-state index in [2.05, 4.69) is 5.32 Å². The number of aryl methyl sites for hydroxylation is 1. The molecule has 2 N–H and O–H groups in total. The van der Waals surface area contributed by atoms with Gasteiger partial charge in [-0.25, -0.2) is 8.42 Å². The van der Waals surface area contributed by atoms with Crippen molar-refractivity contribution in [2.45, 2.75) is 42.4 Å². The number of sulfone groups is 1. The number of anilines is 1. The molecule has 0 spiro atoms. The monoisotopic (exact) mass is 596 g/mol. The van der Waals surface area contributed by atoms with Crippen LogP contribution in [0.25, 0.3) is 0 Å². The second kappa shape index (κ2) is 13.3. The molecule has 38 heavy (non-hydrogen) atoms. The number of benzene rings is 3. The molecule has 0 fully saturated rings. The summed E-state index contributed by atoms with van der Waals surface area (Å²) in [5, 5.41) is 11.6. The second-order valence-electron chi connectivity index (χ2n) is 9.46. The topological polar surface area (TPSA) is 86.7 Å². The molecule has 6 nitrogen and oxygen atoms in total. The number of carbonyl (C=O) groups excluding carboxylic acids is 1. The van der Waals surface area contributed by atoms with E-state index >= 15 is 0 Å². The Balaban J connectivity index is 0.000000505. The van der Waals surface area contributed by atoms with Crippen molar-refractivity contribution < 1.29 is 18.3 Å². The lowest BCUT2D eigenvalue weighted by atomic mass is 9.91. The predicted molar refractivity (Wildman–Crippen MR) is 155 cm³/mol. The van der Waals surface area contributed by atoms with Crippen LogP contribution in [0.3, 0.4) is 0 Å². The number of hydrogen-bond donors (Lipinski definition) is 2. The first-order valence-electron chi connectivity index (χ1n) is 12.1. The smallest absolute Gasteiger partial charge is 0.258 e. The van der Waals surface area contributed by atoms with E-state index in [0.717, 1.165) is 24.9 Å². The number of fused-ring (bicyclic) bond motifs is 1. The zero-order chi connectivity index (χ0) is 28.0. The van der Waals surface area contributed by atoms with Crippen LogP contribution in [-0.4, -0.2) is 51.1 Å². The first-order valence-corrected chi connectivity index (χ1v) is 14.8. The molecule has 3 aromatic carbocycles. The molecule has 0 aromatic heterocycles. The van der Waals surface area contributed by atoms with E-state index in [0.29, 0.717) is 22.7 Å². The number of amides is 1. The molecule has 10 heteroatoms. The van der Waals surface area contributed by atoms with Gasteiger partial charge < -0.3 is 15.3 Å². The van der Waals surface area contributed by atoms with Crippen molar-refractivity contribution in [3.8, 4) is 0 Å². The minimum atomic E-state index is -3.65. The molecule has 0 aliphatic heterocycles. The summed E-state index contributed by atoms with van der Waals surface area (Å²) in [7, 11) is 0.226. The fourth-order valence-electron chi connectivity index (χ4n) is 4.40. The zero-order valence-electron chi connectivity index (χ0n) is 21.4. The molecular formula is C28H31Cl3N2O4S. The highest BCUT2D eigenvalue weighted by atomic mass is 35.5. The van der Waals surface area contributed by atoms with Crippen LogP contribution >= 0.6 is 34.8 Å². The fourth-order valence-corrected chi connectivity index (χ4v) is 7.14. The Hall–Kier alpha value is -2.13. The minimum absolute atomic E-state index is 0.173. The fraction of sp³-hybridized carbons (Fsp3) is 0.321. The lowest BCUT2D eigenvalue weighted by Gasteiger charge is -2.26. The van der Waals surface area contributed by atoms with Crippen molar-refractivity contribution in [3.05, 3.63) is 92.4 Å². The molecule has 3 aromatic rings. The van der Waals surface area contributed by atoms with Crippen LogP contribution in [0, 0.1) is 0 Å². The maximum Gasteiger partial charge on any atom is 0.258 e. The molecule has 1 amide bonds. The summed E-state index contributed by atoms with van der Waals surface area (Å²) in [6.45, 7) is 2.53. The standard InChI is InChI=1S/C23H18Cl3NO3S.C5H13NO/c24-15-5-2-6-17(12-15)31(29,30)21-9-1-4-14-10-11-16(13-18(14)21)27-23(28)22-19(25)7-3-8-20(22)26;1-5(7)4-6(2)3/h2-3,5-8,10-13,21H,1,4,9H2,(H,27,28);5,7H,4H2,1-3H3. The quantitative estimate of drug-likeness (QED) is 0.331. The first-order chi connectivity index (χ1) is 17.9. The van der Waals surface area contributed by atoms with Gasteiger partial charge >= 0.3 is 0 Å². The Morgan fingerprint density at radius 1 is 1.05 bits per heavy atom. The number of nitrogens with zero attached hydrogens (tertiary/aromatic N) is 1. The maximum atomic E-state index is 13.4. The average molecular weight is 598 g/mol. The number of rotatable bonds is 6. The molecule has 4 rings (SSSR count). The van der Waals surface area contributed by atoms with Crippen molar-refractivity contribution in [1.82, 2.24) is 4.90 Å². The normalized spacial score (nSPS) is 15.7. The van der Waals surface area contributed by atoms with Gasteiger partial charge in [-0.2, -0.15) is 0 Å². The van der Waals surface area contributed by atoms with E-state index in [-0.39, 0.29) is 26.6 Å².